The molecule has 80 valence electrons. The van der Waals surface area contributed by atoms with Crippen LogP contribution in [0.1, 0.15) is 28.4 Å². The number of hydrogen-bond donors (Lipinski definition) is 0. The van der Waals surface area contributed by atoms with Gasteiger partial charge >= 0.3 is 0 Å². The molecule has 0 aliphatic carbocycles. The fourth-order valence-corrected chi connectivity index (χ4v) is 1.23. The van der Waals surface area contributed by atoms with Gasteiger partial charge in [0.15, 0.2) is 0 Å². The summed E-state index contributed by atoms with van der Waals surface area (Å²) in [5.41, 5.74) is 2.91. The summed E-state index contributed by atoms with van der Waals surface area (Å²) in [6, 6.07) is 5.64. The Morgan fingerprint density at radius 3 is 2.73 bits per heavy atom. The molecule has 1 rings (SSSR count). The Labute approximate surface area is 90.6 Å². The SMILES string of the molecule is COC(C)/C=C/c1cc(C=O)ccc1C. The number of aryl methyl sites for hydroxylation is 1. The minimum absolute atomic E-state index is 0.0873. The summed E-state index contributed by atoms with van der Waals surface area (Å²) >= 11 is 0. The van der Waals surface area contributed by atoms with Crippen LogP contribution in [0.4, 0.5) is 0 Å². The van der Waals surface area contributed by atoms with Crippen LogP contribution in [0.5, 0.6) is 0 Å². The zero-order chi connectivity index (χ0) is 11.3. The highest BCUT2D eigenvalue weighted by atomic mass is 16.5. The van der Waals surface area contributed by atoms with Gasteiger partial charge in [-0.05, 0) is 31.0 Å². The van der Waals surface area contributed by atoms with Crippen LogP contribution in [0.25, 0.3) is 6.08 Å². The first kappa shape index (κ1) is 11.7. The quantitative estimate of drug-likeness (QED) is 0.705. The second-order valence-corrected chi connectivity index (χ2v) is 3.53. The van der Waals surface area contributed by atoms with Crippen LogP contribution in [-0.2, 0) is 4.74 Å². The van der Waals surface area contributed by atoms with Gasteiger partial charge in [-0.2, -0.15) is 0 Å². The molecule has 2 heteroatoms. The second kappa shape index (κ2) is 5.47. The summed E-state index contributed by atoms with van der Waals surface area (Å²) in [4.78, 5) is 10.6. The van der Waals surface area contributed by atoms with Gasteiger partial charge in [0.05, 0.1) is 6.10 Å². The molecule has 0 heterocycles. The molecule has 0 aromatic heterocycles. The fraction of sp³-hybridized carbons (Fsp3) is 0.308. The van der Waals surface area contributed by atoms with Crippen molar-refractivity contribution in [2.75, 3.05) is 7.11 Å². The van der Waals surface area contributed by atoms with Crippen molar-refractivity contribution in [1.82, 2.24) is 0 Å². The monoisotopic (exact) mass is 204 g/mol. The highest BCUT2D eigenvalue weighted by molar-refractivity contribution is 5.77. The van der Waals surface area contributed by atoms with Gasteiger partial charge in [-0.25, -0.2) is 0 Å². The van der Waals surface area contributed by atoms with Gasteiger partial charge in [0.2, 0.25) is 0 Å². The van der Waals surface area contributed by atoms with E-state index >= 15 is 0 Å². The number of carbonyl (C=O) groups is 1. The van der Waals surface area contributed by atoms with Crippen LogP contribution in [0, 0.1) is 6.92 Å². The van der Waals surface area contributed by atoms with Crippen molar-refractivity contribution in [3.63, 3.8) is 0 Å². The highest BCUT2D eigenvalue weighted by Crippen LogP contribution is 2.12. The molecule has 0 radical (unpaired) electrons. The zero-order valence-corrected chi connectivity index (χ0v) is 9.36. The van der Waals surface area contributed by atoms with Crippen LogP contribution >= 0.6 is 0 Å². The van der Waals surface area contributed by atoms with E-state index in [1.807, 2.05) is 44.2 Å². The van der Waals surface area contributed by atoms with E-state index in [-0.39, 0.29) is 6.10 Å². The predicted molar refractivity (Wildman–Crippen MR) is 62.1 cm³/mol. The Morgan fingerprint density at radius 2 is 2.13 bits per heavy atom. The van der Waals surface area contributed by atoms with Gasteiger partial charge in [-0.3, -0.25) is 4.79 Å². The van der Waals surface area contributed by atoms with E-state index in [9.17, 15) is 4.79 Å². The van der Waals surface area contributed by atoms with Crippen LogP contribution in [0.15, 0.2) is 24.3 Å². The third-order valence-corrected chi connectivity index (χ3v) is 2.36. The molecule has 1 unspecified atom stereocenters. The molecule has 0 spiro atoms. The highest BCUT2D eigenvalue weighted by Gasteiger charge is 1.97. The van der Waals surface area contributed by atoms with Crippen molar-refractivity contribution in [2.24, 2.45) is 0 Å². The molecular weight excluding hydrogens is 188 g/mol. The lowest BCUT2D eigenvalue weighted by molar-refractivity contribution is 0.112. The average molecular weight is 204 g/mol. The number of methoxy groups -OCH3 is 1. The number of benzene rings is 1. The van der Waals surface area contributed by atoms with E-state index in [4.69, 9.17) is 4.74 Å². The average Bonchev–Trinajstić information content (AvgIpc) is 2.27. The van der Waals surface area contributed by atoms with Gasteiger partial charge in [-0.1, -0.05) is 24.3 Å². The van der Waals surface area contributed by atoms with Crippen molar-refractivity contribution in [3.05, 3.63) is 41.0 Å². The van der Waals surface area contributed by atoms with Gasteiger partial charge in [-0.15, -0.1) is 0 Å². The molecule has 15 heavy (non-hydrogen) atoms. The largest absolute Gasteiger partial charge is 0.378 e. The lowest BCUT2D eigenvalue weighted by atomic mass is 10.0. The maximum Gasteiger partial charge on any atom is 0.150 e. The van der Waals surface area contributed by atoms with E-state index in [2.05, 4.69) is 0 Å². The Hall–Kier alpha value is -1.41. The summed E-state index contributed by atoms with van der Waals surface area (Å²) in [6.07, 6.45) is 4.90. The van der Waals surface area contributed by atoms with Crippen molar-refractivity contribution in [3.8, 4) is 0 Å². The number of hydrogen-bond acceptors (Lipinski definition) is 2. The first-order valence-corrected chi connectivity index (χ1v) is 4.94. The molecule has 1 aromatic carbocycles. The predicted octanol–water partition coefficient (Wildman–Crippen LogP) is 2.86. The number of aldehydes is 1. The fourth-order valence-electron chi connectivity index (χ4n) is 1.23. The molecule has 0 aliphatic rings. The molecular formula is C13H16O2. The van der Waals surface area contributed by atoms with E-state index in [0.717, 1.165) is 17.4 Å². The van der Waals surface area contributed by atoms with Gasteiger partial charge < -0.3 is 4.74 Å². The summed E-state index contributed by atoms with van der Waals surface area (Å²) in [6.45, 7) is 3.99. The number of ether oxygens (including phenoxy) is 1. The van der Waals surface area contributed by atoms with Crippen molar-refractivity contribution in [1.29, 1.82) is 0 Å². The molecule has 1 aromatic rings. The normalized spacial score (nSPS) is 13.0. The van der Waals surface area contributed by atoms with E-state index in [1.165, 1.54) is 0 Å². The minimum Gasteiger partial charge on any atom is -0.378 e. The number of rotatable bonds is 4. The maximum atomic E-state index is 10.6. The summed E-state index contributed by atoms with van der Waals surface area (Å²) in [7, 11) is 1.67. The standard InChI is InChI=1S/C13H16O2/c1-10-4-6-12(9-14)8-13(10)7-5-11(2)15-3/h4-9,11H,1-3H3/b7-5+. The molecule has 0 saturated heterocycles. The molecule has 0 bridgehead atoms. The van der Waals surface area contributed by atoms with Crippen LogP contribution in [0.3, 0.4) is 0 Å². The zero-order valence-electron chi connectivity index (χ0n) is 9.36. The Bertz CT molecular complexity index is 367. The van der Waals surface area contributed by atoms with Gasteiger partial charge in [0, 0.05) is 12.7 Å². The van der Waals surface area contributed by atoms with Crippen LogP contribution in [-0.4, -0.2) is 19.5 Å². The first-order valence-electron chi connectivity index (χ1n) is 4.94. The van der Waals surface area contributed by atoms with Crippen LogP contribution < -0.4 is 0 Å². The van der Waals surface area contributed by atoms with Crippen molar-refractivity contribution in [2.45, 2.75) is 20.0 Å². The first-order chi connectivity index (χ1) is 7.17. The molecule has 0 fully saturated rings. The van der Waals surface area contributed by atoms with E-state index < -0.39 is 0 Å². The summed E-state index contributed by atoms with van der Waals surface area (Å²) in [5.74, 6) is 0. The summed E-state index contributed by atoms with van der Waals surface area (Å²) < 4.78 is 5.11. The molecule has 0 N–H and O–H groups in total. The lowest BCUT2D eigenvalue weighted by Gasteiger charge is -2.04. The third-order valence-electron chi connectivity index (χ3n) is 2.36. The van der Waals surface area contributed by atoms with E-state index in [1.54, 1.807) is 7.11 Å². The third kappa shape index (κ3) is 3.33. The smallest absolute Gasteiger partial charge is 0.150 e. The van der Waals surface area contributed by atoms with Crippen molar-refractivity contribution >= 4 is 12.4 Å². The Kier molecular flexibility index (Phi) is 4.25. The molecule has 0 amide bonds. The Morgan fingerprint density at radius 1 is 1.40 bits per heavy atom. The molecule has 0 saturated carbocycles. The molecule has 2 nitrogen and oxygen atoms in total. The molecule has 0 aliphatic heterocycles. The summed E-state index contributed by atoms with van der Waals surface area (Å²) in [5, 5.41) is 0. The maximum absolute atomic E-state index is 10.6. The van der Waals surface area contributed by atoms with Gasteiger partial charge in [0.1, 0.15) is 6.29 Å². The van der Waals surface area contributed by atoms with E-state index in [0.29, 0.717) is 5.56 Å². The van der Waals surface area contributed by atoms with Crippen LogP contribution in [0.2, 0.25) is 0 Å². The Balaban J connectivity index is 2.92. The lowest BCUT2D eigenvalue weighted by Crippen LogP contribution is -1.98. The minimum atomic E-state index is 0.0873. The molecule has 1 atom stereocenters. The van der Waals surface area contributed by atoms with Crippen molar-refractivity contribution < 1.29 is 9.53 Å². The number of carbonyl (C=O) groups excluding carboxylic acids is 1. The van der Waals surface area contributed by atoms with Gasteiger partial charge in [0.25, 0.3) is 0 Å². The topological polar surface area (TPSA) is 26.3 Å². The second-order valence-electron chi connectivity index (χ2n) is 3.53.